The van der Waals surface area contributed by atoms with Gasteiger partial charge in [-0.15, -0.1) is 0 Å². The van der Waals surface area contributed by atoms with E-state index in [1.54, 1.807) is 54.1 Å². The van der Waals surface area contributed by atoms with Crippen molar-refractivity contribution in [1.29, 1.82) is 0 Å². The second-order valence-corrected chi connectivity index (χ2v) is 9.96. The average molecular weight is 546 g/mol. The highest BCUT2D eigenvalue weighted by atomic mass is 16.5. The standard InChI is InChI=1S/C30H35N5O5/c1-20-17-35(21(2)19-36)28(37)25-16-24(32-29(38)31-22-10-6-4-7-11-22)14-15-26(25)40-27(20)18-34(3)30(39)33-23-12-8-5-9-13-23/h4-16,20-21,27,36H,17-19H2,1-3H3,(H,33,39)(H2,31,32,38)/t20-,21+,27+/m0/s1. The minimum Gasteiger partial charge on any atom is -0.487 e. The number of ether oxygens (including phenoxy) is 1. The Morgan fingerprint density at radius 1 is 0.975 bits per heavy atom. The number of carbonyl (C=O) groups is 3. The summed E-state index contributed by atoms with van der Waals surface area (Å²) in [6, 6.07) is 21.9. The minimum absolute atomic E-state index is 0.160. The van der Waals surface area contributed by atoms with Gasteiger partial charge in [-0.2, -0.15) is 0 Å². The largest absolute Gasteiger partial charge is 0.487 e. The summed E-state index contributed by atoms with van der Waals surface area (Å²) in [7, 11) is 1.69. The Kier molecular flexibility index (Phi) is 9.23. The van der Waals surface area contributed by atoms with E-state index < -0.39 is 18.2 Å². The molecule has 40 heavy (non-hydrogen) atoms. The van der Waals surface area contributed by atoms with Crippen molar-refractivity contribution < 1.29 is 24.2 Å². The maximum atomic E-state index is 13.6. The van der Waals surface area contributed by atoms with E-state index in [-0.39, 0.29) is 36.6 Å². The number of carbonyl (C=O) groups excluding carboxylic acids is 3. The van der Waals surface area contributed by atoms with Crippen LogP contribution in [0, 0.1) is 5.92 Å². The molecule has 1 aliphatic heterocycles. The molecule has 0 spiro atoms. The third-order valence-electron chi connectivity index (χ3n) is 6.78. The van der Waals surface area contributed by atoms with Gasteiger partial charge < -0.3 is 35.6 Å². The molecule has 5 amide bonds. The molecule has 1 heterocycles. The molecule has 0 aliphatic carbocycles. The molecule has 0 saturated heterocycles. The Morgan fingerprint density at radius 2 is 1.57 bits per heavy atom. The van der Waals surface area contributed by atoms with E-state index in [0.29, 0.717) is 29.4 Å². The van der Waals surface area contributed by atoms with Gasteiger partial charge in [-0.05, 0) is 49.4 Å². The third kappa shape index (κ3) is 7.09. The van der Waals surface area contributed by atoms with Crippen LogP contribution in [0.25, 0.3) is 0 Å². The summed E-state index contributed by atoms with van der Waals surface area (Å²) in [4.78, 5) is 42.2. The van der Waals surface area contributed by atoms with Crippen molar-refractivity contribution in [2.45, 2.75) is 26.0 Å². The van der Waals surface area contributed by atoms with Gasteiger partial charge in [-0.1, -0.05) is 43.3 Å². The number of nitrogens with one attached hydrogen (secondary N) is 3. The number of anilines is 3. The van der Waals surface area contributed by atoms with Crippen LogP contribution >= 0.6 is 0 Å². The summed E-state index contributed by atoms with van der Waals surface area (Å²) < 4.78 is 6.35. The Bertz CT molecular complexity index is 1320. The summed E-state index contributed by atoms with van der Waals surface area (Å²) in [6.45, 7) is 4.08. The second kappa shape index (κ2) is 13.0. The minimum atomic E-state index is -0.455. The van der Waals surface area contributed by atoms with Gasteiger partial charge in [0, 0.05) is 36.6 Å². The molecule has 3 atom stereocenters. The van der Waals surface area contributed by atoms with Crippen molar-refractivity contribution in [3.8, 4) is 5.75 Å². The quantitative estimate of drug-likeness (QED) is 0.342. The molecular weight excluding hydrogens is 510 g/mol. The molecule has 3 aromatic carbocycles. The fraction of sp³-hybridized carbons (Fsp3) is 0.300. The van der Waals surface area contributed by atoms with E-state index in [0.717, 1.165) is 0 Å². The summed E-state index contributed by atoms with van der Waals surface area (Å²) in [6.07, 6.45) is -0.452. The van der Waals surface area contributed by atoms with Crippen LogP contribution in [0.3, 0.4) is 0 Å². The molecule has 4 rings (SSSR count). The van der Waals surface area contributed by atoms with Crippen molar-refractivity contribution in [3.63, 3.8) is 0 Å². The smallest absolute Gasteiger partial charge is 0.323 e. The third-order valence-corrected chi connectivity index (χ3v) is 6.78. The van der Waals surface area contributed by atoms with Gasteiger partial charge in [0.05, 0.1) is 24.8 Å². The van der Waals surface area contributed by atoms with Crippen LogP contribution in [0.4, 0.5) is 26.7 Å². The first-order valence-electron chi connectivity index (χ1n) is 13.2. The number of nitrogens with zero attached hydrogens (tertiary/aromatic N) is 2. The van der Waals surface area contributed by atoms with E-state index >= 15 is 0 Å². The number of urea groups is 2. The zero-order valence-electron chi connectivity index (χ0n) is 22.8. The van der Waals surface area contributed by atoms with Crippen LogP contribution in [-0.2, 0) is 0 Å². The summed E-state index contributed by atoms with van der Waals surface area (Å²) in [5, 5.41) is 18.3. The fourth-order valence-electron chi connectivity index (χ4n) is 4.43. The molecule has 3 aromatic rings. The number of aliphatic hydroxyl groups is 1. The van der Waals surface area contributed by atoms with Crippen LogP contribution in [0.5, 0.6) is 5.75 Å². The molecular formula is C30H35N5O5. The van der Waals surface area contributed by atoms with Gasteiger partial charge in [0.15, 0.2) is 0 Å². The first-order chi connectivity index (χ1) is 19.2. The average Bonchev–Trinajstić information content (AvgIpc) is 2.95. The van der Waals surface area contributed by atoms with E-state index in [4.69, 9.17) is 4.74 Å². The molecule has 10 nitrogen and oxygen atoms in total. The molecule has 1 aliphatic rings. The predicted octanol–water partition coefficient (Wildman–Crippen LogP) is 4.71. The molecule has 0 aromatic heterocycles. The molecule has 0 fully saturated rings. The summed E-state index contributed by atoms with van der Waals surface area (Å²) >= 11 is 0. The maximum absolute atomic E-state index is 13.6. The van der Waals surface area contributed by atoms with Crippen LogP contribution in [0.1, 0.15) is 24.2 Å². The lowest BCUT2D eigenvalue weighted by Gasteiger charge is -2.38. The van der Waals surface area contributed by atoms with Crippen molar-refractivity contribution in [2.24, 2.45) is 5.92 Å². The number of hydrogen-bond donors (Lipinski definition) is 4. The fourth-order valence-corrected chi connectivity index (χ4v) is 4.43. The molecule has 4 N–H and O–H groups in total. The van der Waals surface area contributed by atoms with Crippen LogP contribution in [0.15, 0.2) is 78.9 Å². The Balaban J connectivity index is 1.55. The lowest BCUT2D eigenvalue weighted by Crippen LogP contribution is -2.50. The van der Waals surface area contributed by atoms with Gasteiger partial charge in [0.1, 0.15) is 11.9 Å². The van der Waals surface area contributed by atoms with Gasteiger partial charge >= 0.3 is 12.1 Å². The monoisotopic (exact) mass is 545 g/mol. The normalized spacial score (nSPS) is 17.4. The number of aliphatic hydroxyl groups excluding tert-OH is 1. The van der Waals surface area contributed by atoms with Gasteiger partial charge in [0.2, 0.25) is 0 Å². The molecule has 0 unspecified atom stereocenters. The number of likely N-dealkylation sites (N-methyl/N-ethyl adjacent to an activating group) is 1. The number of fused-ring (bicyclic) bond motifs is 1. The van der Waals surface area contributed by atoms with Crippen LogP contribution < -0.4 is 20.7 Å². The highest BCUT2D eigenvalue weighted by Crippen LogP contribution is 2.31. The van der Waals surface area contributed by atoms with Gasteiger partial charge in [-0.25, -0.2) is 9.59 Å². The molecule has 10 heteroatoms. The highest BCUT2D eigenvalue weighted by molar-refractivity contribution is 6.02. The molecule has 210 valence electrons. The van der Waals surface area contributed by atoms with Crippen molar-refractivity contribution in [1.82, 2.24) is 9.80 Å². The van der Waals surface area contributed by atoms with Crippen LogP contribution in [-0.4, -0.2) is 71.8 Å². The van der Waals surface area contributed by atoms with Crippen molar-refractivity contribution >= 4 is 35.0 Å². The topological polar surface area (TPSA) is 123 Å². The summed E-state index contributed by atoms with van der Waals surface area (Å²) in [5.74, 6) is -0.140. The predicted molar refractivity (Wildman–Crippen MR) is 155 cm³/mol. The first-order valence-corrected chi connectivity index (χ1v) is 13.2. The Hall–Kier alpha value is -4.57. The number of para-hydroxylation sites is 2. The van der Waals surface area contributed by atoms with Gasteiger partial charge in [-0.3, -0.25) is 4.79 Å². The lowest BCUT2D eigenvalue weighted by atomic mass is 9.99. The highest BCUT2D eigenvalue weighted by Gasteiger charge is 2.34. The zero-order chi connectivity index (χ0) is 28.6. The molecule has 0 bridgehead atoms. The van der Waals surface area contributed by atoms with Crippen LogP contribution in [0.2, 0.25) is 0 Å². The van der Waals surface area contributed by atoms with Gasteiger partial charge in [0.25, 0.3) is 5.91 Å². The zero-order valence-corrected chi connectivity index (χ0v) is 22.8. The lowest BCUT2D eigenvalue weighted by molar-refractivity contribution is 0.0371. The Labute approximate surface area is 233 Å². The van der Waals surface area contributed by atoms with E-state index in [1.165, 1.54) is 0 Å². The second-order valence-electron chi connectivity index (χ2n) is 9.96. The first kappa shape index (κ1) is 28.4. The molecule has 0 saturated carbocycles. The molecule has 0 radical (unpaired) electrons. The van der Waals surface area contributed by atoms with E-state index in [1.807, 2.05) is 55.5 Å². The SMILES string of the molecule is C[C@H](CO)N1C[C@H](C)[C@@H](CN(C)C(=O)Nc2ccccc2)Oc2ccc(NC(=O)Nc3ccccc3)cc2C1=O. The van der Waals surface area contributed by atoms with Crippen molar-refractivity contribution in [3.05, 3.63) is 84.4 Å². The van der Waals surface area contributed by atoms with E-state index in [9.17, 15) is 19.5 Å². The maximum Gasteiger partial charge on any atom is 0.323 e. The number of rotatable bonds is 7. The number of hydrogen-bond acceptors (Lipinski definition) is 5. The number of amides is 5. The Morgan fingerprint density at radius 3 is 2.20 bits per heavy atom. The van der Waals surface area contributed by atoms with Crippen molar-refractivity contribution in [2.75, 3.05) is 42.7 Å². The summed E-state index contributed by atoms with van der Waals surface area (Å²) in [5.41, 5.74) is 1.98. The van der Waals surface area contributed by atoms with E-state index in [2.05, 4.69) is 16.0 Å². The number of benzene rings is 3.